The van der Waals surface area contributed by atoms with Crippen molar-refractivity contribution in [2.75, 3.05) is 10.9 Å². The zero-order valence-electron chi connectivity index (χ0n) is 14.0. The summed E-state index contributed by atoms with van der Waals surface area (Å²) < 4.78 is 32.3. The van der Waals surface area contributed by atoms with Crippen LogP contribution < -0.4 is 4.31 Å². The summed E-state index contributed by atoms with van der Waals surface area (Å²) >= 11 is 0. The number of anilines is 1. The number of sulfonamides is 1. The van der Waals surface area contributed by atoms with E-state index in [9.17, 15) is 13.2 Å². The molecule has 0 bridgehead atoms. The lowest BCUT2D eigenvalue weighted by Crippen LogP contribution is -2.44. The van der Waals surface area contributed by atoms with Crippen LogP contribution in [0.25, 0.3) is 0 Å². The minimum Gasteiger partial charge on any atom is -0.464 e. The van der Waals surface area contributed by atoms with Gasteiger partial charge in [-0.25, -0.2) is 13.2 Å². The van der Waals surface area contributed by atoms with Crippen molar-refractivity contribution in [3.63, 3.8) is 0 Å². The molecule has 2 rings (SSSR count). The quantitative estimate of drug-likeness (QED) is 0.753. The van der Waals surface area contributed by atoms with Gasteiger partial charge in [0.1, 0.15) is 6.04 Å². The third-order valence-corrected chi connectivity index (χ3v) is 5.48. The summed E-state index contributed by atoms with van der Waals surface area (Å²) in [6.45, 7) is 5.28. The fourth-order valence-corrected chi connectivity index (χ4v) is 3.94. The lowest BCUT2D eigenvalue weighted by Gasteiger charge is -2.29. The average Bonchev–Trinajstić information content (AvgIpc) is 2.56. The SMILES string of the molecule is CCOC(=O)[C@H](C)N(c1ccccc1)S(=O)(=O)c1ccc(C)cc1. The molecule has 0 fully saturated rings. The van der Waals surface area contributed by atoms with Crippen LogP contribution in [0.4, 0.5) is 5.69 Å². The van der Waals surface area contributed by atoms with Crippen LogP contribution >= 0.6 is 0 Å². The zero-order chi connectivity index (χ0) is 17.7. The van der Waals surface area contributed by atoms with E-state index in [1.165, 1.54) is 6.92 Å². The third-order valence-electron chi connectivity index (χ3n) is 3.57. The van der Waals surface area contributed by atoms with Gasteiger partial charge < -0.3 is 4.74 Å². The van der Waals surface area contributed by atoms with E-state index in [2.05, 4.69) is 0 Å². The Bertz CT molecular complexity index is 786. The van der Waals surface area contributed by atoms with Gasteiger partial charge in [-0.2, -0.15) is 0 Å². The van der Waals surface area contributed by atoms with Crippen LogP contribution in [-0.2, 0) is 19.6 Å². The number of aryl methyl sites for hydroxylation is 1. The Balaban J connectivity index is 2.53. The second kappa shape index (κ2) is 7.49. The molecule has 0 aliphatic rings. The second-order valence-corrected chi connectivity index (χ2v) is 7.19. The number of carbonyl (C=O) groups excluding carboxylic acids is 1. The van der Waals surface area contributed by atoms with Crippen molar-refractivity contribution in [1.29, 1.82) is 0 Å². The van der Waals surface area contributed by atoms with Crippen molar-refractivity contribution < 1.29 is 17.9 Å². The van der Waals surface area contributed by atoms with E-state index in [-0.39, 0.29) is 11.5 Å². The first-order valence-electron chi connectivity index (χ1n) is 7.70. The molecular weight excluding hydrogens is 326 g/mol. The molecule has 0 heterocycles. The summed E-state index contributed by atoms with van der Waals surface area (Å²) in [6.07, 6.45) is 0. The van der Waals surface area contributed by atoms with Gasteiger partial charge in [0.05, 0.1) is 17.2 Å². The molecule has 0 aromatic heterocycles. The molecule has 0 saturated heterocycles. The molecule has 5 nitrogen and oxygen atoms in total. The first kappa shape index (κ1) is 18.0. The summed E-state index contributed by atoms with van der Waals surface area (Å²) in [4.78, 5) is 12.3. The Kier molecular flexibility index (Phi) is 5.62. The van der Waals surface area contributed by atoms with Gasteiger partial charge in [0, 0.05) is 0 Å². The van der Waals surface area contributed by atoms with E-state index in [1.807, 2.05) is 6.92 Å². The highest BCUT2D eigenvalue weighted by Crippen LogP contribution is 2.26. The smallest absolute Gasteiger partial charge is 0.329 e. The van der Waals surface area contributed by atoms with Gasteiger partial charge in [-0.1, -0.05) is 35.9 Å². The summed E-state index contributed by atoms with van der Waals surface area (Å²) in [7, 11) is -3.90. The fourth-order valence-electron chi connectivity index (χ4n) is 2.33. The van der Waals surface area contributed by atoms with Crippen molar-refractivity contribution in [3.8, 4) is 0 Å². The van der Waals surface area contributed by atoms with Crippen LogP contribution in [-0.4, -0.2) is 27.0 Å². The van der Waals surface area contributed by atoms with Crippen LogP contribution in [0.15, 0.2) is 59.5 Å². The van der Waals surface area contributed by atoms with Gasteiger partial charge in [-0.3, -0.25) is 4.31 Å². The molecule has 128 valence electrons. The molecule has 2 aromatic rings. The normalized spacial score (nSPS) is 12.5. The maximum absolute atomic E-state index is 13.1. The summed E-state index contributed by atoms with van der Waals surface area (Å²) in [6, 6.07) is 14.1. The molecule has 0 N–H and O–H groups in total. The second-order valence-electron chi connectivity index (χ2n) is 5.38. The highest BCUT2D eigenvalue weighted by Gasteiger charge is 2.34. The Morgan fingerprint density at radius 2 is 1.67 bits per heavy atom. The molecule has 0 amide bonds. The number of carbonyl (C=O) groups is 1. The highest BCUT2D eigenvalue weighted by molar-refractivity contribution is 7.92. The van der Waals surface area contributed by atoms with Crippen molar-refractivity contribution in [1.82, 2.24) is 0 Å². The Morgan fingerprint density at radius 1 is 1.08 bits per heavy atom. The van der Waals surface area contributed by atoms with Crippen LogP contribution in [0, 0.1) is 6.92 Å². The molecule has 0 unspecified atom stereocenters. The summed E-state index contributed by atoms with van der Waals surface area (Å²) in [5.41, 5.74) is 1.37. The minimum absolute atomic E-state index is 0.133. The molecule has 0 radical (unpaired) electrons. The Morgan fingerprint density at radius 3 is 2.21 bits per heavy atom. The minimum atomic E-state index is -3.90. The van der Waals surface area contributed by atoms with E-state index in [0.29, 0.717) is 5.69 Å². The largest absolute Gasteiger partial charge is 0.464 e. The van der Waals surface area contributed by atoms with Gasteiger partial charge in [0.2, 0.25) is 0 Å². The van der Waals surface area contributed by atoms with Gasteiger partial charge in [-0.05, 0) is 45.0 Å². The Labute approximate surface area is 142 Å². The first-order valence-corrected chi connectivity index (χ1v) is 9.14. The zero-order valence-corrected chi connectivity index (χ0v) is 14.8. The highest BCUT2D eigenvalue weighted by atomic mass is 32.2. The number of nitrogens with zero attached hydrogens (tertiary/aromatic N) is 1. The van der Waals surface area contributed by atoms with E-state index in [0.717, 1.165) is 9.87 Å². The van der Waals surface area contributed by atoms with Crippen LogP contribution in [0.5, 0.6) is 0 Å². The standard InChI is InChI=1S/C18H21NO4S/c1-4-23-18(20)15(3)19(16-8-6-5-7-9-16)24(21,22)17-12-10-14(2)11-13-17/h5-13,15H,4H2,1-3H3/t15-/m0/s1. The van der Waals surface area contributed by atoms with Crippen molar-refractivity contribution in [2.24, 2.45) is 0 Å². The maximum Gasteiger partial charge on any atom is 0.329 e. The number of ether oxygens (including phenoxy) is 1. The first-order chi connectivity index (χ1) is 11.4. The van der Waals surface area contributed by atoms with Crippen molar-refractivity contribution in [2.45, 2.75) is 31.7 Å². The number of para-hydroxylation sites is 1. The fraction of sp³-hybridized carbons (Fsp3) is 0.278. The van der Waals surface area contributed by atoms with E-state index < -0.39 is 22.0 Å². The molecule has 2 aromatic carbocycles. The van der Waals surface area contributed by atoms with Crippen molar-refractivity contribution >= 4 is 21.7 Å². The number of hydrogen-bond acceptors (Lipinski definition) is 4. The van der Waals surface area contributed by atoms with Gasteiger partial charge >= 0.3 is 5.97 Å². The van der Waals surface area contributed by atoms with Gasteiger partial charge in [0.25, 0.3) is 10.0 Å². The topological polar surface area (TPSA) is 63.7 Å². The van der Waals surface area contributed by atoms with Crippen LogP contribution in [0.2, 0.25) is 0 Å². The lowest BCUT2D eigenvalue weighted by atomic mass is 10.2. The molecule has 0 spiro atoms. The average molecular weight is 347 g/mol. The van der Waals surface area contributed by atoms with E-state index in [1.54, 1.807) is 61.5 Å². The predicted octanol–water partition coefficient (Wildman–Crippen LogP) is 3.14. The van der Waals surface area contributed by atoms with Crippen LogP contribution in [0.3, 0.4) is 0 Å². The van der Waals surface area contributed by atoms with Crippen LogP contribution in [0.1, 0.15) is 19.4 Å². The molecule has 24 heavy (non-hydrogen) atoms. The Hall–Kier alpha value is -2.34. The predicted molar refractivity (Wildman–Crippen MR) is 93.4 cm³/mol. The number of benzene rings is 2. The summed E-state index contributed by atoms with van der Waals surface area (Å²) in [5, 5.41) is 0. The molecular formula is C18H21NO4S. The van der Waals surface area contributed by atoms with Gasteiger partial charge in [0.15, 0.2) is 0 Å². The molecule has 6 heteroatoms. The number of esters is 1. The van der Waals surface area contributed by atoms with E-state index >= 15 is 0 Å². The number of rotatable bonds is 6. The molecule has 1 atom stereocenters. The summed E-state index contributed by atoms with van der Waals surface area (Å²) in [5.74, 6) is -0.586. The third kappa shape index (κ3) is 3.76. The number of hydrogen-bond donors (Lipinski definition) is 0. The molecule has 0 aliphatic carbocycles. The monoisotopic (exact) mass is 347 g/mol. The van der Waals surface area contributed by atoms with Gasteiger partial charge in [-0.15, -0.1) is 0 Å². The molecule has 0 saturated carbocycles. The molecule has 0 aliphatic heterocycles. The van der Waals surface area contributed by atoms with E-state index in [4.69, 9.17) is 4.74 Å². The van der Waals surface area contributed by atoms with Crippen molar-refractivity contribution in [3.05, 3.63) is 60.2 Å². The maximum atomic E-state index is 13.1. The lowest BCUT2D eigenvalue weighted by molar-refractivity contribution is -0.144.